The second kappa shape index (κ2) is 11.5. The Kier molecular flexibility index (Phi) is 7.49. The quantitative estimate of drug-likeness (QED) is 0.213. The van der Waals surface area contributed by atoms with Crippen LogP contribution in [0.2, 0.25) is 5.02 Å². The van der Waals surface area contributed by atoms with Gasteiger partial charge >= 0.3 is 11.0 Å². The van der Waals surface area contributed by atoms with Crippen LogP contribution < -0.4 is 19.8 Å². The van der Waals surface area contributed by atoms with Crippen LogP contribution in [-0.2, 0) is 20.6 Å². The van der Waals surface area contributed by atoms with Gasteiger partial charge in [0.15, 0.2) is 6.61 Å². The number of aromatic nitrogens is 1. The van der Waals surface area contributed by atoms with Crippen molar-refractivity contribution in [3.05, 3.63) is 103 Å². The maximum atomic E-state index is 14.0. The summed E-state index contributed by atoms with van der Waals surface area (Å²) in [5, 5.41) is 3.69. The molecule has 3 amide bonds. The maximum Gasteiger partial charge on any atom is 0.416 e. The summed E-state index contributed by atoms with van der Waals surface area (Å²) in [5.74, 6) is -3.62. The normalized spacial score (nSPS) is 27.1. The molecule has 3 aromatic carbocycles. The number of para-hydroxylation sites is 1. The van der Waals surface area contributed by atoms with Gasteiger partial charge in [0, 0.05) is 32.3 Å². The third-order valence-electron chi connectivity index (χ3n) is 9.88. The van der Waals surface area contributed by atoms with Gasteiger partial charge in [0.1, 0.15) is 5.75 Å². The van der Waals surface area contributed by atoms with Crippen LogP contribution in [0.3, 0.4) is 0 Å². The number of aromatic amines is 1. The number of amides is 3. The smallest absolute Gasteiger partial charge is 0.416 e. The summed E-state index contributed by atoms with van der Waals surface area (Å²) in [6.07, 6.45) is -4.06. The van der Waals surface area contributed by atoms with E-state index in [1.54, 1.807) is 42.5 Å². The first kappa shape index (κ1) is 31.2. The lowest BCUT2D eigenvalue weighted by atomic mass is 9.68. The number of carbonyl (C=O) groups excluding carboxylic acids is 3. The minimum atomic E-state index is -4.64. The summed E-state index contributed by atoms with van der Waals surface area (Å²) in [6.45, 7) is -0.301. The van der Waals surface area contributed by atoms with Crippen LogP contribution in [0.1, 0.15) is 28.3 Å². The SMILES string of the molecule is O=C(COc1ccc(Cl)cc1[C@@H]1c2sc(=O)[nH]c2S[C@@H]2[C@@H]3C[C@@H]([C@@H]4C(=O)N(c5cccc(C(F)(F)F)c5)C(=O)[C@@H]34)[C@H]12)Nc1ccccc1. The minimum Gasteiger partial charge on any atom is -0.483 e. The van der Waals surface area contributed by atoms with Crippen LogP contribution >= 0.6 is 34.7 Å². The number of thioether (sulfide) groups is 1. The monoisotopic (exact) mass is 711 g/mol. The number of thiazole rings is 1. The van der Waals surface area contributed by atoms with Gasteiger partial charge in [-0.3, -0.25) is 24.1 Å². The number of benzene rings is 3. The molecule has 4 aromatic rings. The highest BCUT2D eigenvalue weighted by Crippen LogP contribution is 2.69. The molecule has 48 heavy (non-hydrogen) atoms. The molecule has 2 aliphatic heterocycles. The predicted molar refractivity (Wildman–Crippen MR) is 174 cm³/mol. The van der Waals surface area contributed by atoms with Crippen molar-refractivity contribution in [1.82, 2.24) is 4.98 Å². The molecule has 1 aromatic heterocycles. The van der Waals surface area contributed by atoms with Crippen molar-refractivity contribution in [1.29, 1.82) is 0 Å². The summed E-state index contributed by atoms with van der Waals surface area (Å²) in [5.41, 5.74) is 0.230. The third-order valence-corrected chi connectivity index (χ3v) is 12.7. The Hall–Kier alpha value is -4.07. The van der Waals surface area contributed by atoms with E-state index in [-0.39, 0.29) is 46.1 Å². The van der Waals surface area contributed by atoms with E-state index in [0.29, 0.717) is 33.5 Å². The van der Waals surface area contributed by atoms with Crippen LogP contribution in [0.4, 0.5) is 24.5 Å². The number of carbonyl (C=O) groups is 3. The second-order valence-corrected chi connectivity index (χ2v) is 15.0. The maximum absolute atomic E-state index is 14.0. The minimum absolute atomic E-state index is 0.0939. The van der Waals surface area contributed by atoms with Crippen molar-refractivity contribution >= 4 is 63.8 Å². The van der Waals surface area contributed by atoms with Gasteiger partial charge in [-0.15, -0.1) is 11.8 Å². The molecule has 246 valence electrons. The number of ether oxygens (including phenoxy) is 1. The molecule has 0 radical (unpaired) electrons. The van der Waals surface area contributed by atoms with Crippen molar-refractivity contribution in [2.75, 3.05) is 16.8 Å². The topological polar surface area (TPSA) is 109 Å². The Labute approximate surface area is 284 Å². The Morgan fingerprint density at radius 1 is 0.979 bits per heavy atom. The molecule has 8 rings (SSSR count). The summed E-state index contributed by atoms with van der Waals surface area (Å²) < 4.78 is 46.7. The van der Waals surface area contributed by atoms with E-state index in [9.17, 15) is 32.3 Å². The van der Waals surface area contributed by atoms with Crippen molar-refractivity contribution in [3.8, 4) is 5.75 Å². The van der Waals surface area contributed by atoms with Crippen LogP contribution in [0.5, 0.6) is 5.75 Å². The number of rotatable bonds is 6. The number of alkyl halides is 3. The zero-order valence-electron chi connectivity index (χ0n) is 24.7. The van der Waals surface area contributed by atoms with E-state index >= 15 is 0 Å². The van der Waals surface area contributed by atoms with Gasteiger partial charge in [-0.2, -0.15) is 13.2 Å². The van der Waals surface area contributed by atoms with E-state index in [0.717, 1.165) is 33.2 Å². The van der Waals surface area contributed by atoms with Gasteiger partial charge in [-0.1, -0.05) is 47.2 Å². The van der Waals surface area contributed by atoms with Gasteiger partial charge in [0.2, 0.25) is 11.8 Å². The zero-order chi connectivity index (χ0) is 33.5. The first-order valence-corrected chi connectivity index (χ1v) is 17.3. The lowest BCUT2D eigenvalue weighted by molar-refractivity contribution is -0.137. The molecule has 2 N–H and O–H groups in total. The fraction of sp³-hybridized carbons (Fsp3) is 0.294. The fourth-order valence-corrected chi connectivity index (χ4v) is 11.3. The molecule has 2 saturated carbocycles. The average Bonchev–Trinajstić information content (AvgIpc) is 3.79. The molecule has 0 spiro atoms. The van der Waals surface area contributed by atoms with Crippen molar-refractivity contribution in [2.24, 2.45) is 29.6 Å². The largest absolute Gasteiger partial charge is 0.483 e. The van der Waals surface area contributed by atoms with Crippen LogP contribution in [0.15, 0.2) is 82.6 Å². The summed E-state index contributed by atoms with van der Waals surface area (Å²) in [6, 6.07) is 18.3. The number of hydrogen-bond acceptors (Lipinski definition) is 7. The predicted octanol–water partition coefficient (Wildman–Crippen LogP) is 6.80. The Bertz CT molecular complexity index is 2040. The molecule has 3 heterocycles. The molecule has 0 unspecified atom stereocenters. The number of hydrogen-bond donors (Lipinski definition) is 2. The molecular formula is C34H25ClF3N3O5S2. The van der Waals surface area contributed by atoms with Gasteiger partial charge < -0.3 is 15.0 Å². The lowest BCUT2D eigenvalue weighted by Crippen LogP contribution is -2.42. The highest BCUT2D eigenvalue weighted by Gasteiger charge is 2.70. The van der Waals surface area contributed by atoms with E-state index in [1.165, 1.54) is 23.9 Å². The number of imide groups is 1. The summed E-state index contributed by atoms with van der Waals surface area (Å²) in [4.78, 5) is 57.8. The summed E-state index contributed by atoms with van der Waals surface area (Å²) >= 11 is 9.07. The van der Waals surface area contributed by atoms with Crippen molar-refractivity contribution in [3.63, 3.8) is 0 Å². The Morgan fingerprint density at radius 3 is 2.48 bits per heavy atom. The number of nitrogens with zero attached hydrogens (tertiary/aromatic N) is 1. The molecule has 4 aliphatic rings. The number of nitrogens with one attached hydrogen (secondary N) is 2. The van der Waals surface area contributed by atoms with Gasteiger partial charge in [0.05, 0.1) is 28.1 Å². The van der Waals surface area contributed by atoms with Gasteiger partial charge in [0.25, 0.3) is 5.91 Å². The average molecular weight is 712 g/mol. The fourth-order valence-electron chi connectivity index (χ4n) is 8.20. The van der Waals surface area contributed by atoms with Crippen LogP contribution in [-0.4, -0.2) is 34.6 Å². The number of H-pyrrole nitrogens is 1. The number of anilines is 2. The van der Waals surface area contributed by atoms with Gasteiger partial charge in [-0.25, -0.2) is 0 Å². The molecule has 7 atom stereocenters. The van der Waals surface area contributed by atoms with Crippen LogP contribution in [0.25, 0.3) is 0 Å². The zero-order valence-corrected chi connectivity index (χ0v) is 27.1. The number of halogens is 4. The van der Waals surface area contributed by atoms with E-state index in [2.05, 4.69) is 10.3 Å². The first-order chi connectivity index (χ1) is 23.0. The van der Waals surface area contributed by atoms with Crippen LogP contribution in [0, 0.1) is 29.6 Å². The van der Waals surface area contributed by atoms with E-state index < -0.39 is 41.3 Å². The molecule has 3 fully saturated rings. The second-order valence-electron chi connectivity index (χ2n) is 12.4. The standard InChI is InChI=1S/C34H25ClF3N3O5S2/c35-16-9-10-22(46-14-23(42)39-17-6-2-1-3-7-17)19(12-16)24-25-20-13-21(28(25)47-30-29(24)48-33(45)40-30)27-26(20)31(43)41(32(27)44)18-8-4-5-15(11-18)34(36,37)38/h1-12,20-21,24-28H,13-14H2,(H,39,42)(H,40,45)/t20-,21-,24+,25-,26+,27+,28-/m1/s1. The highest BCUT2D eigenvalue weighted by atomic mass is 35.5. The Balaban J connectivity index is 1.15. The molecule has 2 aliphatic carbocycles. The number of fused-ring (bicyclic) bond motifs is 9. The third kappa shape index (κ3) is 5.05. The summed E-state index contributed by atoms with van der Waals surface area (Å²) in [7, 11) is 0. The molecule has 1 saturated heterocycles. The molecule has 2 bridgehead atoms. The highest BCUT2D eigenvalue weighted by molar-refractivity contribution is 8.00. The Morgan fingerprint density at radius 2 is 1.73 bits per heavy atom. The van der Waals surface area contributed by atoms with Gasteiger partial charge in [-0.05, 0) is 72.7 Å². The van der Waals surface area contributed by atoms with Crippen molar-refractivity contribution < 1.29 is 32.3 Å². The molecular weight excluding hydrogens is 687 g/mol. The lowest BCUT2D eigenvalue weighted by Gasteiger charge is -2.43. The molecule has 14 heteroatoms. The van der Waals surface area contributed by atoms with E-state index in [4.69, 9.17) is 16.3 Å². The molecule has 8 nitrogen and oxygen atoms in total. The van der Waals surface area contributed by atoms with E-state index in [1.807, 2.05) is 6.07 Å². The van der Waals surface area contributed by atoms with Crippen molar-refractivity contribution in [2.45, 2.75) is 28.8 Å². The first-order valence-electron chi connectivity index (χ1n) is 15.2.